The molecule has 0 saturated carbocycles. The minimum absolute atomic E-state index is 0.286. The second-order valence-electron chi connectivity index (χ2n) is 7.54. The van der Waals surface area contributed by atoms with E-state index in [0.717, 1.165) is 36.6 Å². The number of likely N-dealkylation sites (N-methyl/N-ethyl adjacent to an activating group) is 1. The van der Waals surface area contributed by atoms with Crippen LogP contribution in [0.4, 0.5) is 11.5 Å². The largest absolute Gasteiger partial charge is 0.355 e. The maximum atomic E-state index is 12.8. The van der Waals surface area contributed by atoms with Crippen LogP contribution in [-0.2, 0) is 0 Å². The SMILES string of the molecule is CCN1CCN=C1c1ccc(C(=O)Nc2ccccc2C(=O)Nc2ccc(C)cn2)cc1. The van der Waals surface area contributed by atoms with Gasteiger partial charge in [0.2, 0.25) is 0 Å². The number of hydrogen-bond acceptors (Lipinski definition) is 5. The van der Waals surface area contributed by atoms with E-state index < -0.39 is 0 Å². The summed E-state index contributed by atoms with van der Waals surface area (Å²) in [7, 11) is 0. The first-order valence-corrected chi connectivity index (χ1v) is 10.6. The summed E-state index contributed by atoms with van der Waals surface area (Å²) < 4.78 is 0. The molecule has 0 unspecified atom stereocenters. The molecule has 0 radical (unpaired) electrons. The average molecular weight is 428 g/mol. The Kier molecular flexibility index (Phi) is 6.26. The molecule has 0 atom stereocenters. The van der Waals surface area contributed by atoms with Gasteiger partial charge in [-0.3, -0.25) is 14.6 Å². The van der Waals surface area contributed by atoms with Gasteiger partial charge in [0.25, 0.3) is 11.8 Å². The van der Waals surface area contributed by atoms with Gasteiger partial charge in [0.05, 0.1) is 17.8 Å². The fraction of sp³-hybridized carbons (Fsp3) is 0.200. The minimum atomic E-state index is -0.341. The zero-order chi connectivity index (χ0) is 22.5. The highest BCUT2D eigenvalue weighted by atomic mass is 16.2. The van der Waals surface area contributed by atoms with Crippen LogP contribution in [0.1, 0.15) is 38.8 Å². The number of benzene rings is 2. The summed E-state index contributed by atoms with van der Waals surface area (Å²) in [5.41, 5.74) is 3.29. The number of anilines is 2. The van der Waals surface area contributed by atoms with Gasteiger partial charge in [-0.1, -0.05) is 30.3 Å². The van der Waals surface area contributed by atoms with E-state index in [1.165, 1.54) is 0 Å². The smallest absolute Gasteiger partial charge is 0.258 e. The number of carbonyl (C=O) groups excluding carboxylic acids is 2. The third-order valence-electron chi connectivity index (χ3n) is 5.29. The molecule has 2 aromatic carbocycles. The van der Waals surface area contributed by atoms with Gasteiger partial charge in [0.15, 0.2) is 0 Å². The molecule has 7 nitrogen and oxygen atoms in total. The maximum absolute atomic E-state index is 12.8. The molecule has 0 aliphatic carbocycles. The van der Waals surface area contributed by atoms with Gasteiger partial charge in [-0.25, -0.2) is 4.98 Å². The normalized spacial score (nSPS) is 12.9. The molecule has 0 spiro atoms. The van der Waals surface area contributed by atoms with Crippen molar-refractivity contribution in [1.82, 2.24) is 9.88 Å². The highest BCUT2D eigenvalue weighted by Crippen LogP contribution is 2.19. The Morgan fingerprint density at radius 1 is 0.969 bits per heavy atom. The number of nitrogens with zero attached hydrogens (tertiary/aromatic N) is 3. The number of rotatable bonds is 6. The van der Waals surface area contributed by atoms with Crippen LogP contribution in [0.2, 0.25) is 0 Å². The van der Waals surface area contributed by atoms with Crippen LogP contribution >= 0.6 is 0 Å². The second-order valence-corrected chi connectivity index (χ2v) is 7.54. The fourth-order valence-electron chi connectivity index (χ4n) is 3.54. The van der Waals surface area contributed by atoms with E-state index in [0.29, 0.717) is 22.6 Å². The first kappa shape index (κ1) is 21.2. The summed E-state index contributed by atoms with van der Waals surface area (Å²) >= 11 is 0. The number of amides is 2. The van der Waals surface area contributed by atoms with Gasteiger partial charge in [0.1, 0.15) is 11.7 Å². The third-order valence-corrected chi connectivity index (χ3v) is 5.29. The molecule has 0 saturated heterocycles. The molecular formula is C25H25N5O2. The zero-order valence-corrected chi connectivity index (χ0v) is 18.1. The lowest BCUT2D eigenvalue weighted by molar-refractivity contribution is 0.102. The molecule has 1 aromatic heterocycles. The van der Waals surface area contributed by atoms with Crippen LogP contribution in [0.5, 0.6) is 0 Å². The lowest BCUT2D eigenvalue weighted by Gasteiger charge is -2.18. The Morgan fingerprint density at radius 3 is 2.47 bits per heavy atom. The average Bonchev–Trinajstić information content (AvgIpc) is 3.30. The van der Waals surface area contributed by atoms with Gasteiger partial charge >= 0.3 is 0 Å². The number of aromatic nitrogens is 1. The summed E-state index contributed by atoms with van der Waals surface area (Å²) in [4.78, 5) is 36.6. The van der Waals surface area contributed by atoms with E-state index in [1.54, 1.807) is 48.7 Å². The molecule has 7 heteroatoms. The van der Waals surface area contributed by atoms with Crippen LogP contribution in [0.3, 0.4) is 0 Å². The van der Waals surface area contributed by atoms with Crippen molar-refractivity contribution in [3.63, 3.8) is 0 Å². The van der Waals surface area contributed by atoms with E-state index in [-0.39, 0.29) is 11.8 Å². The van der Waals surface area contributed by atoms with Crippen molar-refractivity contribution < 1.29 is 9.59 Å². The van der Waals surface area contributed by atoms with E-state index >= 15 is 0 Å². The number of aliphatic imine (C=N–C) groups is 1. The Bertz CT molecular complexity index is 1150. The fourth-order valence-corrected chi connectivity index (χ4v) is 3.54. The van der Waals surface area contributed by atoms with Crippen molar-refractivity contribution in [3.8, 4) is 0 Å². The zero-order valence-electron chi connectivity index (χ0n) is 18.1. The molecule has 4 rings (SSSR count). The number of carbonyl (C=O) groups is 2. The Balaban J connectivity index is 1.48. The van der Waals surface area contributed by atoms with Gasteiger partial charge in [-0.2, -0.15) is 0 Å². The molecule has 162 valence electrons. The van der Waals surface area contributed by atoms with Gasteiger partial charge in [-0.15, -0.1) is 0 Å². The first-order valence-electron chi connectivity index (χ1n) is 10.6. The third kappa shape index (κ3) is 4.67. The van der Waals surface area contributed by atoms with Crippen molar-refractivity contribution in [2.45, 2.75) is 13.8 Å². The van der Waals surface area contributed by atoms with Crippen molar-refractivity contribution >= 4 is 29.2 Å². The van der Waals surface area contributed by atoms with Crippen molar-refractivity contribution in [3.05, 3.63) is 89.1 Å². The summed E-state index contributed by atoms with van der Waals surface area (Å²) in [6.45, 7) is 6.65. The van der Waals surface area contributed by atoms with Crippen molar-refractivity contribution in [2.24, 2.45) is 4.99 Å². The van der Waals surface area contributed by atoms with Crippen LogP contribution < -0.4 is 10.6 Å². The monoisotopic (exact) mass is 427 g/mol. The van der Waals surface area contributed by atoms with Gasteiger partial charge in [-0.05, 0) is 49.7 Å². The highest BCUT2D eigenvalue weighted by Gasteiger charge is 2.18. The molecule has 1 aliphatic rings. The van der Waals surface area contributed by atoms with E-state index in [1.807, 2.05) is 25.1 Å². The van der Waals surface area contributed by atoms with E-state index in [4.69, 9.17) is 0 Å². The predicted molar refractivity (Wildman–Crippen MR) is 126 cm³/mol. The number of pyridine rings is 1. The molecule has 2 heterocycles. The van der Waals surface area contributed by atoms with Gasteiger partial charge < -0.3 is 15.5 Å². The summed E-state index contributed by atoms with van der Waals surface area (Å²) in [5, 5.41) is 5.62. The molecule has 2 N–H and O–H groups in total. The topological polar surface area (TPSA) is 86.7 Å². The van der Waals surface area contributed by atoms with Crippen molar-refractivity contribution in [2.75, 3.05) is 30.3 Å². The van der Waals surface area contributed by atoms with Gasteiger partial charge in [0, 0.05) is 30.4 Å². The molecule has 2 amide bonds. The molecule has 0 fully saturated rings. The second kappa shape index (κ2) is 9.43. The first-order chi connectivity index (χ1) is 15.5. The number of hydrogen-bond donors (Lipinski definition) is 2. The molecule has 1 aliphatic heterocycles. The van der Waals surface area contributed by atoms with Crippen LogP contribution in [0.15, 0.2) is 71.9 Å². The Morgan fingerprint density at radius 2 is 1.75 bits per heavy atom. The predicted octanol–water partition coefficient (Wildman–Crippen LogP) is 3.98. The lowest BCUT2D eigenvalue weighted by atomic mass is 10.1. The maximum Gasteiger partial charge on any atom is 0.258 e. The number of aryl methyl sites for hydroxylation is 1. The molecular weight excluding hydrogens is 402 g/mol. The number of para-hydroxylation sites is 1. The summed E-state index contributed by atoms with van der Waals surface area (Å²) in [6.07, 6.45) is 1.68. The summed E-state index contributed by atoms with van der Waals surface area (Å²) in [6, 6.07) is 17.9. The number of nitrogens with one attached hydrogen (secondary N) is 2. The Hall–Kier alpha value is -4.00. The molecule has 32 heavy (non-hydrogen) atoms. The lowest BCUT2D eigenvalue weighted by Crippen LogP contribution is -2.28. The standard InChI is InChI=1S/C25H25N5O2/c1-3-30-15-14-26-23(30)18-9-11-19(12-10-18)24(31)28-21-7-5-4-6-20(21)25(32)29-22-13-8-17(2)16-27-22/h4-13,16H,3,14-15H2,1-2H3,(H,28,31)(H,27,29,32). The molecule has 0 bridgehead atoms. The van der Waals surface area contributed by atoms with E-state index in [2.05, 4.69) is 32.4 Å². The van der Waals surface area contributed by atoms with Crippen LogP contribution in [0.25, 0.3) is 0 Å². The van der Waals surface area contributed by atoms with E-state index in [9.17, 15) is 9.59 Å². The van der Waals surface area contributed by atoms with Crippen molar-refractivity contribution in [1.29, 1.82) is 0 Å². The number of amidine groups is 1. The quantitative estimate of drug-likeness (QED) is 0.623. The molecule has 3 aromatic rings. The Labute approximate surface area is 187 Å². The summed E-state index contributed by atoms with van der Waals surface area (Å²) in [5.74, 6) is 0.789. The van der Waals surface area contributed by atoms with Crippen LogP contribution in [-0.4, -0.2) is 47.2 Å². The minimum Gasteiger partial charge on any atom is -0.355 e. The highest BCUT2D eigenvalue weighted by molar-refractivity contribution is 6.12. The van der Waals surface area contributed by atoms with Crippen LogP contribution in [0, 0.1) is 6.92 Å².